The second-order valence-electron chi connectivity index (χ2n) is 5.59. The first-order valence-electron chi connectivity index (χ1n) is 7.82. The molecule has 0 atom stereocenters. The van der Waals surface area contributed by atoms with Gasteiger partial charge in [0.2, 0.25) is 5.91 Å². The maximum atomic E-state index is 13.1. The molecule has 1 heterocycles. The van der Waals surface area contributed by atoms with E-state index in [9.17, 15) is 18.8 Å². The Balaban J connectivity index is 1.66. The van der Waals surface area contributed by atoms with Crippen LogP contribution in [0, 0.1) is 5.82 Å². The van der Waals surface area contributed by atoms with Crippen molar-refractivity contribution in [3.05, 3.63) is 75.2 Å². The van der Waals surface area contributed by atoms with E-state index in [4.69, 9.17) is 0 Å². The van der Waals surface area contributed by atoms with Crippen LogP contribution < -0.4 is 16.6 Å². The number of rotatable bonds is 5. The molecule has 0 fully saturated rings. The van der Waals surface area contributed by atoms with E-state index >= 15 is 0 Å². The summed E-state index contributed by atoms with van der Waals surface area (Å²) in [4.78, 5) is 38.9. The van der Waals surface area contributed by atoms with Crippen LogP contribution in [0.5, 0.6) is 0 Å². The summed E-state index contributed by atoms with van der Waals surface area (Å²) >= 11 is 0. The lowest BCUT2D eigenvalue weighted by Crippen LogP contribution is -2.35. The molecule has 0 radical (unpaired) electrons. The molecular formula is C18H16FN3O3. The van der Waals surface area contributed by atoms with Crippen LogP contribution in [0.15, 0.2) is 58.1 Å². The Bertz CT molecular complexity index is 1040. The number of carbonyl (C=O) groups excluding carboxylic acids is 1. The third kappa shape index (κ3) is 3.82. The van der Waals surface area contributed by atoms with Gasteiger partial charge in [0.05, 0.1) is 10.9 Å². The molecule has 7 heteroatoms. The first-order valence-corrected chi connectivity index (χ1v) is 7.82. The number of nitrogens with one attached hydrogen (secondary N) is 2. The average Bonchev–Trinajstić information content (AvgIpc) is 2.58. The van der Waals surface area contributed by atoms with Gasteiger partial charge >= 0.3 is 5.69 Å². The minimum atomic E-state index is -0.505. The van der Waals surface area contributed by atoms with Gasteiger partial charge in [-0.25, -0.2) is 9.18 Å². The summed E-state index contributed by atoms with van der Waals surface area (Å²) < 4.78 is 14.2. The van der Waals surface area contributed by atoms with Crippen molar-refractivity contribution in [2.45, 2.75) is 19.4 Å². The molecule has 1 amide bonds. The first-order chi connectivity index (χ1) is 12.0. The number of nitrogens with zero attached hydrogens (tertiary/aromatic N) is 1. The number of hydrogen-bond acceptors (Lipinski definition) is 3. The number of H-pyrrole nitrogens is 1. The van der Waals surface area contributed by atoms with Crippen molar-refractivity contribution in [2.75, 3.05) is 5.32 Å². The molecule has 3 rings (SSSR count). The number of anilines is 1. The van der Waals surface area contributed by atoms with Gasteiger partial charge in [-0.05, 0) is 36.8 Å². The minimum Gasteiger partial charge on any atom is -0.326 e. The Labute approximate surface area is 141 Å². The highest BCUT2D eigenvalue weighted by Crippen LogP contribution is 2.10. The Hall–Kier alpha value is -3.22. The second kappa shape index (κ2) is 7.12. The van der Waals surface area contributed by atoms with Crippen molar-refractivity contribution >= 4 is 22.5 Å². The highest BCUT2D eigenvalue weighted by Gasteiger charge is 2.08. The molecule has 3 aromatic rings. The summed E-state index contributed by atoms with van der Waals surface area (Å²) in [5, 5.41) is 3.00. The molecular weight excluding hydrogens is 325 g/mol. The molecule has 1 aromatic heterocycles. The molecule has 25 heavy (non-hydrogen) atoms. The number of aromatic nitrogens is 2. The number of carbonyl (C=O) groups is 1. The fourth-order valence-corrected chi connectivity index (χ4v) is 2.59. The lowest BCUT2D eigenvalue weighted by molar-refractivity contribution is -0.116. The highest BCUT2D eigenvalue weighted by atomic mass is 19.1. The number of hydrogen-bond donors (Lipinski definition) is 2. The van der Waals surface area contributed by atoms with Gasteiger partial charge in [-0.2, -0.15) is 0 Å². The van der Waals surface area contributed by atoms with Gasteiger partial charge in [-0.3, -0.25) is 14.2 Å². The third-order valence-electron chi connectivity index (χ3n) is 3.78. The monoisotopic (exact) mass is 341 g/mol. The van der Waals surface area contributed by atoms with Crippen LogP contribution in [-0.4, -0.2) is 15.5 Å². The Morgan fingerprint density at radius 3 is 2.72 bits per heavy atom. The molecule has 0 spiro atoms. The second-order valence-corrected chi connectivity index (χ2v) is 5.59. The number of fused-ring (bicyclic) bond motifs is 1. The Kier molecular flexibility index (Phi) is 4.74. The lowest BCUT2D eigenvalue weighted by Gasteiger charge is -2.07. The number of benzene rings is 2. The standard InChI is InChI=1S/C18H16FN3O3/c19-12-5-3-6-13(11-12)20-16(23)9-4-10-22-17(24)14-7-1-2-8-15(14)21-18(22)25/h1-3,5-8,11H,4,9-10H2,(H,20,23)(H,21,25). The van der Waals surface area contributed by atoms with Crippen LogP contribution in [0.1, 0.15) is 12.8 Å². The van der Waals surface area contributed by atoms with E-state index in [-0.39, 0.29) is 24.4 Å². The molecule has 2 aromatic carbocycles. The Morgan fingerprint density at radius 1 is 1.12 bits per heavy atom. The van der Waals surface area contributed by atoms with E-state index in [1.807, 2.05) is 0 Å². The molecule has 0 aliphatic carbocycles. The quantitative estimate of drug-likeness (QED) is 0.746. The van der Waals surface area contributed by atoms with Crippen molar-refractivity contribution in [2.24, 2.45) is 0 Å². The van der Waals surface area contributed by atoms with Gasteiger partial charge in [-0.15, -0.1) is 0 Å². The number of amides is 1. The van der Waals surface area contributed by atoms with E-state index in [1.165, 1.54) is 18.2 Å². The van der Waals surface area contributed by atoms with Crippen LogP contribution in [0.25, 0.3) is 10.9 Å². The molecule has 0 bridgehead atoms. The summed E-state index contributed by atoms with van der Waals surface area (Å²) in [6.07, 6.45) is 0.414. The summed E-state index contributed by atoms with van der Waals surface area (Å²) in [5.74, 6) is -0.747. The molecule has 0 saturated carbocycles. The van der Waals surface area contributed by atoms with Gasteiger partial charge in [0.15, 0.2) is 0 Å². The van der Waals surface area contributed by atoms with Crippen LogP contribution in [-0.2, 0) is 11.3 Å². The summed E-state index contributed by atoms with van der Waals surface area (Å²) in [6.45, 7) is 0.121. The van der Waals surface area contributed by atoms with Gasteiger partial charge in [0, 0.05) is 18.7 Å². The summed E-state index contributed by atoms with van der Waals surface area (Å²) in [7, 11) is 0. The first kappa shape index (κ1) is 16.6. The number of para-hydroxylation sites is 1. The third-order valence-corrected chi connectivity index (χ3v) is 3.78. The molecule has 0 aliphatic rings. The fraction of sp³-hybridized carbons (Fsp3) is 0.167. The van der Waals surface area contributed by atoms with Gasteiger partial charge in [-0.1, -0.05) is 18.2 Å². The topological polar surface area (TPSA) is 84.0 Å². The van der Waals surface area contributed by atoms with Gasteiger partial charge < -0.3 is 10.3 Å². The van der Waals surface area contributed by atoms with Crippen molar-refractivity contribution in [3.63, 3.8) is 0 Å². The van der Waals surface area contributed by atoms with Crippen LogP contribution in [0.3, 0.4) is 0 Å². The summed E-state index contributed by atoms with van der Waals surface area (Å²) in [6, 6.07) is 12.3. The van der Waals surface area contributed by atoms with Gasteiger partial charge in [0.1, 0.15) is 5.82 Å². The van der Waals surface area contributed by atoms with Crippen LogP contribution in [0.2, 0.25) is 0 Å². The SMILES string of the molecule is O=C(CCCn1c(=O)[nH]c2ccccc2c1=O)Nc1cccc(F)c1. The normalized spacial score (nSPS) is 10.8. The molecule has 6 nitrogen and oxygen atoms in total. The van der Waals surface area contributed by atoms with E-state index in [0.717, 1.165) is 4.57 Å². The van der Waals surface area contributed by atoms with Crippen molar-refractivity contribution in [1.82, 2.24) is 9.55 Å². The maximum absolute atomic E-state index is 13.1. The zero-order valence-corrected chi connectivity index (χ0v) is 13.3. The number of aromatic amines is 1. The molecule has 128 valence electrons. The van der Waals surface area contributed by atoms with E-state index in [1.54, 1.807) is 30.3 Å². The molecule has 0 unspecified atom stereocenters. The highest BCUT2D eigenvalue weighted by molar-refractivity contribution is 5.90. The summed E-state index contributed by atoms with van der Waals surface area (Å²) in [5.41, 5.74) is -0.0394. The average molecular weight is 341 g/mol. The maximum Gasteiger partial charge on any atom is 0.328 e. The smallest absolute Gasteiger partial charge is 0.326 e. The fourth-order valence-electron chi connectivity index (χ4n) is 2.59. The molecule has 0 saturated heterocycles. The van der Waals surface area contributed by atoms with E-state index in [0.29, 0.717) is 23.0 Å². The predicted molar refractivity (Wildman–Crippen MR) is 93.1 cm³/mol. The number of halogens is 1. The Morgan fingerprint density at radius 2 is 1.92 bits per heavy atom. The molecule has 2 N–H and O–H groups in total. The predicted octanol–water partition coefficient (Wildman–Crippen LogP) is 2.25. The zero-order valence-electron chi connectivity index (χ0n) is 13.3. The van der Waals surface area contributed by atoms with Crippen molar-refractivity contribution in [3.8, 4) is 0 Å². The minimum absolute atomic E-state index is 0.106. The van der Waals surface area contributed by atoms with Crippen molar-refractivity contribution in [1.29, 1.82) is 0 Å². The lowest BCUT2D eigenvalue weighted by atomic mass is 10.2. The van der Waals surface area contributed by atoms with Crippen molar-refractivity contribution < 1.29 is 9.18 Å². The van der Waals surface area contributed by atoms with E-state index < -0.39 is 11.5 Å². The van der Waals surface area contributed by atoms with Gasteiger partial charge in [0.25, 0.3) is 5.56 Å². The van der Waals surface area contributed by atoms with E-state index in [2.05, 4.69) is 10.3 Å². The zero-order chi connectivity index (χ0) is 17.8. The largest absolute Gasteiger partial charge is 0.328 e. The van der Waals surface area contributed by atoms with Crippen LogP contribution >= 0.6 is 0 Å². The molecule has 0 aliphatic heterocycles. The van der Waals surface area contributed by atoms with Crippen LogP contribution in [0.4, 0.5) is 10.1 Å².